The molecule has 0 aliphatic carbocycles. The number of terminal acetylenes is 1. The van der Waals surface area contributed by atoms with Gasteiger partial charge in [-0.3, -0.25) is 4.99 Å². The number of allylic oxidation sites excluding steroid dienone is 1. The Morgan fingerprint density at radius 2 is 2.40 bits per heavy atom. The molecule has 4 nitrogen and oxygen atoms in total. The van der Waals surface area contributed by atoms with Gasteiger partial charge < -0.3 is 10.2 Å². The third-order valence-corrected chi connectivity index (χ3v) is 1.59. The van der Waals surface area contributed by atoms with Crippen molar-refractivity contribution in [1.82, 2.24) is 10.9 Å². The zero-order valence-electron chi connectivity index (χ0n) is 9.21. The van der Waals surface area contributed by atoms with Crippen LogP contribution in [0.3, 0.4) is 0 Å². The van der Waals surface area contributed by atoms with Gasteiger partial charge in [0.2, 0.25) is 0 Å². The van der Waals surface area contributed by atoms with Gasteiger partial charge in [0, 0.05) is 7.05 Å². The number of ether oxygens (including phenoxy) is 1. The van der Waals surface area contributed by atoms with Gasteiger partial charge in [-0.05, 0) is 13.0 Å². The van der Waals surface area contributed by atoms with Crippen molar-refractivity contribution in [3.63, 3.8) is 0 Å². The summed E-state index contributed by atoms with van der Waals surface area (Å²) in [5.74, 6) is 3.99. The first-order valence-electron chi connectivity index (χ1n) is 4.59. The van der Waals surface area contributed by atoms with E-state index in [0.717, 1.165) is 5.76 Å². The van der Waals surface area contributed by atoms with Gasteiger partial charge in [-0.1, -0.05) is 12.5 Å². The summed E-state index contributed by atoms with van der Waals surface area (Å²) in [5.41, 5.74) is 5.84. The molecule has 2 N–H and O–H groups in total. The zero-order valence-corrected chi connectivity index (χ0v) is 9.21. The summed E-state index contributed by atoms with van der Waals surface area (Å²) in [4.78, 5) is 3.97. The number of aliphatic imine (C=N–C) groups is 1. The first-order chi connectivity index (χ1) is 7.28. The third-order valence-electron chi connectivity index (χ3n) is 1.59. The fraction of sp³-hybridized carbons (Fsp3) is 0.364. The fourth-order valence-electron chi connectivity index (χ4n) is 0.828. The van der Waals surface area contributed by atoms with Gasteiger partial charge in [-0.2, -0.15) is 0 Å². The van der Waals surface area contributed by atoms with Crippen LogP contribution in [0.1, 0.15) is 13.3 Å². The van der Waals surface area contributed by atoms with Gasteiger partial charge in [-0.25, -0.2) is 5.43 Å². The van der Waals surface area contributed by atoms with Crippen LogP contribution in [0.15, 0.2) is 29.7 Å². The minimum absolute atomic E-state index is 0.469. The summed E-state index contributed by atoms with van der Waals surface area (Å²) in [5, 5.41) is 0. The maximum Gasteiger partial charge on any atom is 0.122 e. The second kappa shape index (κ2) is 8.85. The average Bonchev–Trinajstić information content (AvgIpc) is 2.26. The second-order valence-electron chi connectivity index (χ2n) is 2.57. The monoisotopic (exact) mass is 207 g/mol. The Kier molecular flexibility index (Phi) is 7.83. The highest BCUT2D eigenvalue weighted by molar-refractivity contribution is 5.83. The number of nitrogens with zero attached hydrogens (tertiary/aromatic N) is 1. The Hall–Kier alpha value is -1.73. The van der Waals surface area contributed by atoms with Crippen molar-refractivity contribution in [2.75, 3.05) is 13.6 Å². The van der Waals surface area contributed by atoms with E-state index in [1.165, 1.54) is 6.26 Å². The molecule has 4 heteroatoms. The Labute approximate surface area is 91.1 Å². The molecule has 0 saturated heterocycles. The molecule has 0 atom stereocenters. The minimum Gasteiger partial charge on any atom is -0.469 e. The van der Waals surface area contributed by atoms with Gasteiger partial charge in [-0.15, -0.1) is 6.42 Å². The first-order valence-corrected chi connectivity index (χ1v) is 4.59. The van der Waals surface area contributed by atoms with Crippen LogP contribution in [0.4, 0.5) is 0 Å². The molecule has 0 amide bonds. The highest BCUT2D eigenvalue weighted by atomic mass is 16.5. The molecule has 0 bridgehead atoms. The molecule has 0 unspecified atom stereocenters. The predicted molar refractivity (Wildman–Crippen MR) is 63.0 cm³/mol. The maximum absolute atomic E-state index is 5.16. The highest BCUT2D eigenvalue weighted by Gasteiger charge is 1.96. The van der Waals surface area contributed by atoms with Crippen LogP contribution in [0.5, 0.6) is 0 Å². The number of hydrogen-bond donors (Lipinski definition) is 2. The molecule has 0 rings (SSSR count). The summed E-state index contributed by atoms with van der Waals surface area (Å²) in [6.07, 6.45) is 8.86. The minimum atomic E-state index is 0.469. The van der Waals surface area contributed by atoms with E-state index >= 15 is 0 Å². The fourth-order valence-corrected chi connectivity index (χ4v) is 0.828. The number of hydrazine groups is 1. The normalized spacial score (nSPS) is 11.8. The van der Waals surface area contributed by atoms with Crippen LogP contribution in [-0.4, -0.2) is 19.4 Å². The first kappa shape index (κ1) is 13.3. The van der Waals surface area contributed by atoms with E-state index in [4.69, 9.17) is 11.2 Å². The Bertz CT molecular complexity index is 287. The molecular weight excluding hydrogens is 190 g/mol. The molecular formula is C11H17N3O. The van der Waals surface area contributed by atoms with Crippen molar-refractivity contribution < 1.29 is 4.74 Å². The lowest BCUT2D eigenvalue weighted by Gasteiger charge is -2.10. The summed E-state index contributed by atoms with van der Waals surface area (Å²) in [7, 11) is 1.68. The lowest BCUT2D eigenvalue weighted by Crippen LogP contribution is -2.38. The molecule has 0 aliphatic heterocycles. The highest BCUT2D eigenvalue weighted by Crippen LogP contribution is 1.94. The molecule has 15 heavy (non-hydrogen) atoms. The zero-order chi connectivity index (χ0) is 11.5. The third kappa shape index (κ3) is 6.36. The van der Waals surface area contributed by atoms with Crippen molar-refractivity contribution in [3.05, 3.63) is 24.7 Å². The molecule has 82 valence electrons. The topological polar surface area (TPSA) is 45.7 Å². The van der Waals surface area contributed by atoms with Crippen molar-refractivity contribution in [1.29, 1.82) is 0 Å². The lowest BCUT2D eigenvalue weighted by atomic mass is 10.4. The van der Waals surface area contributed by atoms with Crippen LogP contribution in [-0.2, 0) is 4.74 Å². The Balaban J connectivity index is 3.87. The molecule has 0 aromatic rings. The van der Waals surface area contributed by atoms with Crippen molar-refractivity contribution in [2.45, 2.75) is 13.3 Å². The molecule has 0 heterocycles. The van der Waals surface area contributed by atoms with E-state index in [-0.39, 0.29) is 0 Å². The van der Waals surface area contributed by atoms with Gasteiger partial charge in [0.1, 0.15) is 11.6 Å². The standard InChI is InChI=1S/C11H17N3O/c1-5-8-11(12-4)14-13-9-10(6-2)15-7-3/h1,6-7,13H,3,8-9H2,2,4H3,(H,12,14)/b10-6-. The summed E-state index contributed by atoms with van der Waals surface area (Å²) in [6, 6.07) is 0. The summed E-state index contributed by atoms with van der Waals surface area (Å²) < 4.78 is 5.11. The lowest BCUT2D eigenvalue weighted by molar-refractivity contribution is 0.333. The molecule has 0 aromatic carbocycles. The summed E-state index contributed by atoms with van der Waals surface area (Å²) >= 11 is 0. The number of rotatable bonds is 6. The molecule has 0 aromatic heterocycles. The van der Waals surface area contributed by atoms with Crippen LogP contribution in [0.2, 0.25) is 0 Å². The number of nitrogens with one attached hydrogen (secondary N) is 2. The van der Waals surface area contributed by atoms with Crippen LogP contribution in [0.25, 0.3) is 0 Å². The largest absolute Gasteiger partial charge is 0.469 e. The number of amidine groups is 1. The second-order valence-corrected chi connectivity index (χ2v) is 2.57. The maximum atomic E-state index is 5.16. The Morgan fingerprint density at radius 3 is 2.87 bits per heavy atom. The van der Waals surface area contributed by atoms with Crippen LogP contribution >= 0.6 is 0 Å². The van der Waals surface area contributed by atoms with E-state index in [1.54, 1.807) is 7.05 Å². The quantitative estimate of drug-likeness (QED) is 0.226. The van der Waals surface area contributed by atoms with Gasteiger partial charge in [0.25, 0.3) is 0 Å². The van der Waals surface area contributed by atoms with Gasteiger partial charge >= 0.3 is 0 Å². The van der Waals surface area contributed by atoms with Gasteiger partial charge in [0.15, 0.2) is 0 Å². The molecule has 0 fully saturated rings. The van der Waals surface area contributed by atoms with E-state index in [0.29, 0.717) is 18.8 Å². The smallest absolute Gasteiger partial charge is 0.122 e. The van der Waals surface area contributed by atoms with E-state index in [9.17, 15) is 0 Å². The number of hydrogen-bond acceptors (Lipinski definition) is 3. The van der Waals surface area contributed by atoms with Gasteiger partial charge in [0.05, 0.1) is 19.2 Å². The summed E-state index contributed by atoms with van der Waals surface area (Å²) in [6.45, 7) is 5.90. The molecule has 0 saturated carbocycles. The van der Waals surface area contributed by atoms with Crippen molar-refractivity contribution in [2.24, 2.45) is 4.99 Å². The van der Waals surface area contributed by atoms with Crippen molar-refractivity contribution >= 4 is 5.84 Å². The average molecular weight is 207 g/mol. The van der Waals surface area contributed by atoms with Crippen LogP contribution in [0, 0.1) is 12.3 Å². The Morgan fingerprint density at radius 1 is 1.67 bits per heavy atom. The van der Waals surface area contributed by atoms with E-state index in [2.05, 4.69) is 28.3 Å². The SMILES string of the molecule is C#CCC(=NC)NNC/C(=C/C)OC=C. The van der Waals surface area contributed by atoms with E-state index in [1.807, 2.05) is 13.0 Å². The van der Waals surface area contributed by atoms with Crippen molar-refractivity contribution in [3.8, 4) is 12.3 Å². The molecule has 0 radical (unpaired) electrons. The molecule has 0 aliphatic rings. The van der Waals surface area contributed by atoms with Crippen LogP contribution < -0.4 is 10.9 Å². The predicted octanol–water partition coefficient (Wildman–Crippen LogP) is 1.20. The van der Waals surface area contributed by atoms with E-state index < -0.39 is 0 Å². The molecule has 0 spiro atoms.